The van der Waals surface area contributed by atoms with Crippen LogP contribution in [0.3, 0.4) is 0 Å². The molecule has 1 atom stereocenters. The summed E-state index contributed by atoms with van der Waals surface area (Å²) >= 11 is 0.954. The molecule has 2 rings (SSSR count). The van der Waals surface area contributed by atoms with Crippen LogP contribution in [-0.4, -0.2) is 48.1 Å². The Balaban J connectivity index is 2.41. The van der Waals surface area contributed by atoms with Gasteiger partial charge in [-0.3, -0.25) is 0 Å². The van der Waals surface area contributed by atoms with E-state index >= 15 is 0 Å². The minimum absolute atomic E-state index is 0.0126. The van der Waals surface area contributed by atoms with Crippen LogP contribution in [0.1, 0.15) is 33.8 Å². The summed E-state index contributed by atoms with van der Waals surface area (Å²) in [7, 11) is -3.75. The highest BCUT2D eigenvalue weighted by molar-refractivity contribution is 7.89. The third-order valence-corrected chi connectivity index (χ3v) is 6.70. The lowest BCUT2D eigenvalue weighted by Gasteiger charge is -2.33. The minimum Gasteiger partial charge on any atom is -0.477 e. The zero-order valence-corrected chi connectivity index (χ0v) is 12.7. The van der Waals surface area contributed by atoms with Crippen molar-refractivity contribution in [3.63, 3.8) is 0 Å². The van der Waals surface area contributed by atoms with Crippen molar-refractivity contribution in [3.8, 4) is 0 Å². The van der Waals surface area contributed by atoms with Crippen molar-refractivity contribution >= 4 is 27.3 Å². The van der Waals surface area contributed by atoms with Gasteiger partial charge in [0, 0.05) is 17.5 Å². The number of thiophene rings is 1. The van der Waals surface area contributed by atoms with Crippen molar-refractivity contribution < 1.29 is 23.4 Å². The Morgan fingerprint density at radius 2 is 2.20 bits per heavy atom. The van der Waals surface area contributed by atoms with Crippen LogP contribution in [0.4, 0.5) is 0 Å². The summed E-state index contributed by atoms with van der Waals surface area (Å²) in [5.41, 5.74) is 0. The maximum absolute atomic E-state index is 12.6. The molecule has 0 aliphatic carbocycles. The summed E-state index contributed by atoms with van der Waals surface area (Å²) in [5.74, 6) is -1.13. The maximum Gasteiger partial charge on any atom is 0.345 e. The Labute approximate surface area is 121 Å². The largest absolute Gasteiger partial charge is 0.477 e. The Morgan fingerprint density at radius 3 is 2.75 bits per heavy atom. The molecule has 1 fully saturated rings. The molecule has 20 heavy (non-hydrogen) atoms. The molecule has 0 radical (unpaired) electrons. The van der Waals surface area contributed by atoms with Gasteiger partial charge in [-0.05, 0) is 25.8 Å². The second-order valence-corrected chi connectivity index (χ2v) is 7.90. The molecule has 1 saturated heterocycles. The molecule has 0 saturated carbocycles. The molecule has 0 spiro atoms. The van der Waals surface area contributed by atoms with Crippen molar-refractivity contribution in [2.45, 2.75) is 37.1 Å². The zero-order chi connectivity index (χ0) is 14.9. The summed E-state index contributed by atoms with van der Waals surface area (Å²) in [5, 5.41) is 18.3. The van der Waals surface area contributed by atoms with Gasteiger partial charge in [-0.2, -0.15) is 4.31 Å². The molecule has 112 valence electrons. The summed E-state index contributed by atoms with van der Waals surface area (Å²) in [6, 6.07) is 0.794. The number of piperidine rings is 1. The highest BCUT2D eigenvalue weighted by Gasteiger charge is 2.35. The summed E-state index contributed by atoms with van der Waals surface area (Å²) in [4.78, 5) is 11.5. The molecule has 0 amide bonds. The average Bonchev–Trinajstić information content (AvgIpc) is 2.81. The third kappa shape index (κ3) is 2.73. The van der Waals surface area contributed by atoms with Crippen LogP contribution in [0.15, 0.2) is 11.0 Å². The van der Waals surface area contributed by atoms with E-state index in [0.717, 1.165) is 24.2 Å². The zero-order valence-electron chi connectivity index (χ0n) is 11.1. The first-order chi connectivity index (χ1) is 9.37. The number of aliphatic hydroxyl groups is 1. The number of carboxylic acid groups (broad SMARTS) is 1. The molecule has 1 aromatic rings. The lowest BCUT2D eigenvalue weighted by Crippen LogP contribution is -2.45. The number of hydrogen-bond acceptors (Lipinski definition) is 5. The van der Waals surface area contributed by atoms with Crippen LogP contribution in [-0.2, 0) is 10.0 Å². The number of aliphatic hydroxyl groups excluding tert-OH is 1. The van der Waals surface area contributed by atoms with Gasteiger partial charge in [-0.15, -0.1) is 11.3 Å². The number of nitrogens with zero attached hydrogens (tertiary/aromatic N) is 1. The molecule has 0 aromatic carbocycles. The van der Waals surface area contributed by atoms with Crippen LogP contribution in [0.2, 0.25) is 0 Å². The minimum atomic E-state index is -3.75. The van der Waals surface area contributed by atoms with Crippen molar-refractivity contribution in [2.24, 2.45) is 0 Å². The van der Waals surface area contributed by atoms with Gasteiger partial charge in [0.25, 0.3) is 0 Å². The fourth-order valence-electron chi connectivity index (χ4n) is 2.43. The lowest BCUT2D eigenvalue weighted by atomic mass is 10.1. The van der Waals surface area contributed by atoms with Gasteiger partial charge in [0.15, 0.2) is 0 Å². The van der Waals surface area contributed by atoms with Gasteiger partial charge in [-0.1, -0.05) is 6.42 Å². The quantitative estimate of drug-likeness (QED) is 0.872. The third-order valence-electron chi connectivity index (χ3n) is 3.45. The summed E-state index contributed by atoms with van der Waals surface area (Å²) < 4.78 is 26.6. The summed E-state index contributed by atoms with van der Waals surface area (Å²) in [6.45, 7) is 1.75. The Bertz CT molecular complexity index is 607. The first-order valence-corrected chi connectivity index (χ1v) is 8.60. The van der Waals surface area contributed by atoms with E-state index in [1.54, 1.807) is 6.92 Å². The highest BCUT2D eigenvalue weighted by atomic mass is 32.2. The van der Waals surface area contributed by atoms with Gasteiger partial charge in [0.2, 0.25) is 10.0 Å². The van der Waals surface area contributed by atoms with Gasteiger partial charge in [-0.25, -0.2) is 13.2 Å². The van der Waals surface area contributed by atoms with Crippen molar-refractivity contribution in [1.29, 1.82) is 0 Å². The number of carboxylic acids is 1. The summed E-state index contributed by atoms with van der Waals surface area (Å²) in [6.07, 6.45) is 2.27. The molecule has 0 bridgehead atoms. The van der Waals surface area contributed by atoms with E-state index in [2.05, 4.69) is 0 Å². The number of aryl methyl sites for hydroxylation is 1. The first-order valence-electron chi connectivity index (χ1n) is 6.34. The molecule has 8 heteroatoms. The Hall–Kier alpha value is -0.960. The van der Waals surface area contributed by atoms with Gasteiger partial charge < -0.3 is 10.2 Å². The predicted molar refractivity (Wildman–Crippen MR) is 74.6 cm³/mol. The molecular weight excluding hydrogens is 302 g/mol. The monoisotopic (exact) mass is 319 g/mol. The van der Waals surface area contributed by atoms with Gasteiger partial charge in [0.05, 0.1) is 11.5 Å². The molecule has 1 aromatic heterocycles. The molecule has 1 aliphatic heterocycles. The Kier molecular flexibility index (Phi) is 4.48. The SMILES string of the molecule is Cc1sc(C(=O)O)cc1S(=O)(=O)N1CCCCC1CO. The molecular formula is C12H17NO5S2. The standard InChI is InChI=1S/C12H17NO5S2/c1-8-11(6-10(19-8)12(15)16)20(17,18)13-5-3-2-4-9(13)7-14/h6,9,14H,2-5,7H2,1H3,(H,15,16). The number of rotatable bonds is 4. The molecule has 6 nitrogen and oxygen atoms in total. The Morgan fingerprint density at radius 1 is 1.50 bits per heavy atom. The van der Waals surface area contributed by atoms with E-state index in [1.165, 1.54) is 10.4 Å². The lowest BCUT2D eigenvalue weighted by molar-refractivity contribution is 0.0702. The van der Waals surface area contributed by atoms with Crippen molar-refractivity contribution in [3.05, 3.63) is 15.8 Å². The number of hydrogen-bond donors (Lipinski definition) is 2. The van der Waals surface area contributed by atoms with Crippen LogP contribution in [0, 0.1) is 6.92 Å². The van der Waals surface area contributed by atoms with E-state index in [-0.39, 0.29) is 16.4 Å². The maximum atomic E-state index is 12.6. The fourth-order valence-corrected chi connectivity index (χ4v) is 5.51. The molecule has 2 N–H and O–H groups in total. The van der Waals surface area contributed by atoms with Crippen molar-refractivity contribution in [2.75, 3.05) is 13.2 Å². The topological polar surface area (TPSA) is 94.9 Å². The van der Waals surface area contributed by atoms with E-state index in [1.807, 2.05) is 0 Å². The van der Waals surface area contributed by atoms with E-state index in [0.29, 0.717) is 17.8 Å². The molecule has 2 heterocycles. The number of sulfonamides is 1. The fraction of sp³-hybridized carbons (Fsp3) is 0.583. The van der Waals surface area contributed by atoms with Crippen molar-refractivity contribution in [1.82, 2.24) is 4.31 Å². The van der Waals surface area contributed by atoms with E-state index in [9.17, 15) is 18.3 Å². The molecule has 1 aliphatic rings. The van der Waals surface area contributed by atoms with Gasteiger partial charge >= 0.3 is 5.97 Å². The predicted octanol–water partition coefficient (Wildman–Crippen LogP) is 1.29. The normalized spacial score (nSPS) is 21.0. The smallest absolute Gasteiger partial charge is 0.345 e. The van der Waals surface area contributed by atoms with Crippen LogP contribution in [0.5, 0.6) is 0 Å². The molecule has 1 unspecified atom stereocenters. The van der Waals surface area contributed by atoms with Crippen LogP contribution < -0.4 is 0 Å². The number of aromatic carboxylic acids is 1. The highest BCUT2D eigenvalue weighted by Crippen LogP contribution is 2.31. The first kappa shape index (κ1) is 15.4. The average molecular weight is 319 g/mol. The van der Waals surface area contributed by atoms with E-state index < -0.39 is 22.0 Å². The number of carbonyl (C=O) groups is 1. The van der Waals surface area contributed by atoms with Crippen LogP contribution >= 0.6 is 11.3 Å². The second-order valence-electron chi connectivity index (χ2n) is 4.78. The second kappa shape index (κ2) is 5.80. The van der Waals surface area contributed by atoms with Crippen LogP contribution in [0.25, 0.3) is 0 Å². The van der Waals surface area contributed by atoms with Gasteiger partial charge in [0.1, 0.15) is 4.88 Å². The van der Waals surface area contributed by atoms with E-state index in [4.69, 9.17) is 5.11 Å².